The third-order valence-electron chi connectivity index (χ3n) is 2.30. The SMILES string of the molecule is CC(=O)/C(=C/c1cccc(C#N)c1)c1nnco1. The lowest BCUT2D eigenvalue weighted by molar-refractivity contribution is -0.111. The highest BCUT2D eigenvalue weighted by Crippen LogP contribution is 2.17. The molecule has 0 N–H and O–H groups in total. The average molecular weight is 239 g/mol. The predicted octanol–water partition coefficient (Wildman–Crippen LogP) is 2.07. The molecule has 2 rings (SSSR count). The van der Waals surface area contributed by atoms with E-state index >= 15 is 0 Å². The molecule has 0 fully saturated rings. The van der Waals surface area contributed by atoms with Gasteiger partial charge < -0.3 is 4.42 Å². The summed E-state index contributed by atoms with van der Waals surface area (Å²) in [5.41, 5.74) is 1.58. The van der Waals surface area contributed by atoms with Crippen LogP contribution in [0.15, 0.2) is 35.1 Å². The first-order chi connectivity index (χ1) is 8.70. The van der Waals surface area contributed by atoms with Gasteiger partial charge in [0.2, 0.25) is 6.39 Å². The van der Waals surface area contributed by atoms with Gasteiger partial charge in [-0.05, 0) is 30.7 Å². The number of hydrogen-bond donors (Lipinski definition) is 0. The minimum Gasteiger partial charge on any atom is -0.423 e. The van der Waals surface area contributed by atoms with Gasteiger partial charge in [-0.2, -0.15) is 5.26 Å². The van der Waals surface area contributed by atoms with Crippen LogP contribution in [0.1, 0.15) is 23.9 Å². The molecule has 2 aromatic rings. The third-order valence-corrected chi connectivity index (χ3v) is 2.30. The van der Waals surface area contributed by atoms with Crippen LogP contribution in [0.25, 0.3) is 11.6 Å². The van der Waals surface area contributed by atoms with Crippen LogP contribution < -0.4 is 0 Å². The van der Waals surface area contributed by atoms with E-state index in [9.17, 15) is 4.79 Å². The molecular weight excluding hydrogens is 230 g/mol. The summed E-state index contributed by atoms with van der Waals surface area (Å²) in [6.07, 6.45) is 2.79. The fourth-order valence-corrected chi connectivity index (χ4v) is 1.47. The van der Waals surface area contributed by atoms with Gasteiger partial charge in [0.15, 0.2) is 5.78 Å². The van der Waals surface area contributed by atoms with Crippen molar-refractivity contribution in [3.8, 4) is 6.07 Å². The van der Waals surface area contributed by atoms with Crippen LogP contribution in [0.3, 0.4) is 0 Å². The van der Waals surface area contributed by atoms with Crippen LogP contribution in [0.5, 0.6) is 0 Å². The van der Waals surface area contributed by atoms with Crippen molar-refractivity contribution < 1.29 is 9.21 Å². The van der Waals surface area contributed by atoms with E-state index in [1.807, 2.05) is 6.07 Å². The quantitative estimate of drug-likeness (QED) is 0.766. The van der Waals surface area contributed by atoms with Crippen molar-refractivity contribution in [1.29, 1.82) is 5.26 Å². The van der Waals surface area contributed by atoms with E-state index < -0.39 is 0 Å². The van der Waals surface area contributed by atoms with Crippen LogP contribution in [-0.4, -0.2) is 16.0 Å². The first-order valence-corrected chi connectivity index (χ1v) is 5.20. The van der Waals surface area contributed by atoms with Crippen LogP contribution in [0.4, 0.5) is 0 Å². The number of allylic oxidation sites excluding steroid dienone is 1. The third kappa shape index (κ3) is 2.50. The van der Waals surface area contributed by atoms with Crippen LogP contribution in [-0.2, 0) is 4.79 Å². The zero-order valence-corrected chi connectivity index (χ0v) is 9.62. The van der Waals surface area contributed by atoms with Crippen molar-refractivity contribution in [1.82, 2.24) is 10.2 Å². The Bertz CT molecular complexity index is 637. The van der Waals surface area contributed by atoms with Gasteiger partial charge in [-0.1, -0.05) is 12.1 Å². The Balaban J connectivity index is 2.46. The van der Waals surface area contributed by atoms with Gasteiger partial charge in [0.1, 0.15) is 0 Å². The number of nitrogens with zero attached hydrogens (tertiary/aromatic N) is 3. The van der Waals surface area contributed by atoms with E-state index in [0.717, 1.165) is 12.0 Å². The van der Waals surface area contributed by atoms with Gasteiger partial charge in [0.25, 0.3) is 5.89 Å². The van der Waals surface area contributed by atoms with E-state index in [0.29, 0.717) is 11.1 Å². The summed E-state index contributed by atoms with van der Waals surface area (Å²) in [4.78, 5) is 11.5. The molecule has 18 heavy (non-hydrogen) atoms. The molecule has 88 valence electrons. The van der Waals surface area contributed by atoms with Gasteiger partial charge in [0.05, 0.1) is 17.2 Å². The molecule has 0 amide bonds. The highest BCUT2D eigenvalue weighted by molar-refractivity contribution is 6.22. The van der Waals surface area contributed by atoms with Crippen LogP contribution in [0, 0.1) is 11.3 Å². The standard InChI is InChI=1S/C13H9N3O2/c1-9(17)12(13-16-15-8-18-13)6-10-3-2-4-11(5-10)7-14/h2-6,8H,1H3/b12-6-. The number of rotatable bonds is 3. The Morgan fingerprint density at radius 3 is 2.94 bits per heavy atom. The normalized spacial score (nSPS) is 11.0. The lowest BCUT2D eigenvalue weighted by Crippen LogP contribution is -1.96. The highest BCUT2D eigenvalue weighted by atomic mass is 16.4. The Morgan fingerprint density at radius 2 is 2.33 bits per heavy atom. The van der Waals surface area contributed by atoms with E-state index in [4.69, 9.17) is 9.68 Å². The number of hydrogen-bond acceptors (Lipinski definition) is 5. The first kappa shape index (κ1) is 11.7. The molecule has 0 aliphatic heterocycles. The minimum atomic E-state index is -0.179. The number of aromatic nitrogens is 2. The average Bonchev–Trinajstić information content (AvgIpc) is 2.89. The summed E-state index contributed by atoms with van der Waals surface area (Å²) in [5, 5.41) is 16.1. The molecule has 5 nitrogen and oxygen atoms in total. The van der Waals surface area contributed by atoms with Crippen molar-refractivity contribution >= 4 is 17.4 Å². The molecule has 5 heteroatoms. The number of Topliss-reactive ketones (excluding diaryl/α,β-unsaturated/α-hetero) is 1. The lowest BCUT2D eigenvalue weighted by Gasteiger charge is -1.99. The largest absolute Gasteiger partial charge is 0.423 e. The lowest BCUT2D eigenvalue weighted by atomic mass is 10.1. The number of nitriles is 1. The molecule has 1 heterocycles. The van der Waals surface area contributed by atoms with Gasteiger partial charge >= 0.3 is 0 Å². The smallest absolute Gasteiger partial charge is 0.251 e. The molecule has 0 unspecified atom stereocenters. The number of carbonyl (C=O) groups is 1. The predicted molar refractivity (Wildman–Crippen MR) is 64.0 cm³/mol. The summed E-state index contributed by atoms with van der Waals surface area (Å²) < 4.78 is 5.01. The number of benzene rings is 1. The zero-order chi connectivity index (χ0) is 13.0. The summed E-state index contributed by atoms with van der Waals surface area (Å²) in [6, 6.07) is 8.95. The molecule has 0 radical (unpaired) electrons. The molecular formula is C13H9N3O2. The molecule has 0 saturated carbocycles. The Morgan fingerprint density at radius 1 is 1.50 bits per heavy atom. The van der Waals surface area contributed by atoms with Gasteiger partial charge in [0, 0.05) is 0 Å². The maximum Gasteiger partial charge on any atom is 0.251 e. The summed E-state index contributed by atoms with van der Waals surface area (Å²) >= 11 is 0. The van der Waals surface area contributed by atoms with Gasteiger partial charge in [-0.3, -0.25) is 4.79 Å². The van der Waals surface area contributed by atoms with E-state index in [1.165, 1.54) is 6.92 Å². The fraction of sp³-hybridized carbons (Fsp3) is 0.0769. The number of ketones is 1. The minimum absolute atomic E-state index is 0.171. The maximum atomic E-state index is 11.5. The molecule has 1 aromatic heterocycles. The van der Waals surface area contributed by atoms with E-state index in [1.54, 1.807) is 30.3 Å². The van der Waals surface area contributed by atoms with E-state index in [-0.39, 0.29) is 11.7 Å². The molecule has 0 aliphatic carbocycles. The molecule has 1 aromatic carbocycles. The van der Waals surface area contributed by atoms with Crippen molar-refractivity contribution in [3.05, 3.63) is 47.7 Å². The highest BCUT2D eigenvalue weighted by Gasteiger charge is 2.12. The summed E-state index contributed by atoms with van der Waals surface area (Å²) in [5.74, 6) is -0.00790. The Kier molecular flexibility index (Phi) is 3.30. The Hall–Kier alpha value is -2.74. The molecule has 0 spiro atoms. The van der Waals surface area contributed by atoms with Gasteiger partial charge in [-0.25, -0.2) is 0 Å². The van der Waals surface area contributed by atoms with Crippen molar-refractivity contribution in [2.24, 2.45) is 0 Å². The molecule has 0 aliphatic rings. The zero-order valence-electron chi connectivity index (χ0n) is 9.62. The van der Waals surface area contributed by atoms with Crippen molar-refractivity contribution in [2.45, 2.75) is 6.92 Å². The fourth-order valence-electron chi connectivity index (χ4n) is 1.47. The first-order valence-electron chi connectivity index (χ1n) is 5.20. The summed E-state index contributed by atoms with van der Waals surface area (Å²) in [7, 11) is 0. The topological polar surface area (TPSA) is 79.8 Å². The van der Waals surface area contributed by atoms with E-state index in [2.05, 4.69) is 10.2 Å². The number of carbonyl (C=O) groups excluding carboxylic acids is 1. The molecule has 0 saturated heterocycles. The molecule has 0 bridgehead atoms. The monoisotopic (exact) mass is 239 g/mol. The second kappa shape index (κ2) is 5.06. The van der Waals surface area contributed by atoms with Crippen LogP contribution in [0.2, 0.25) is 0 Å². The Labute approximate surface area is 103 Å². The summed E-state index contributed by atoms with van der Waals surface area (Å²) in [6.45, 7) is 1.42. The maximum absolute atomic E-state index is 11.5. The van der Waals surface area contributed by atoms with Crippen molar-refractivity contribution in [3.63, 3.8) is 0 Å². The van der Waals surface area contributed by atoms with Crippen LogP contribution >= 0.6 is 0 Å². The second-order valence-corrected chi connectivity index (χ2v) is 3.60. The van der Waals surface area contributed by atoms with Gasteiger partial charge in [-0.15, -0.1) is 10.2 Å². The second-order valence-electron chi connectivity index (χ2n) is 3.60. The van der Waals surface area contributed by atoms with Crippen molar-refractivity contribution in [2.75, 3.05) is 0 Å². The molecule has 0 atom stereocenters.